The number of likely N-dealkylation sites (tertiary alicyclic amines) is 1. The highest BCUT2D eigenvalue weighted by Crippen LogP contribution is 2.39. The fourth-order valence-corrected chi connectivity index (χ4v) is 4.80. The summed E-state index contributed by atoms with van der Waals surface area (Å²) < 4.78 is 11.3. The summed E-state index contributed by atoms with van der Waals surface area (Å²) >= 11 is 0. The van der Waals surface area contributed by atoms with E-state index in [-0.39, 0.29) is 11.9 Å². The average molecular weight is 462 g/mol. The molecule has 6 heteroatoms. The molecule has 0 saturated carbocycles. The molecule has 1 saturated heterocycles. The van der Waals surface area contributed by atoms with Gasteiger partial charge in [0.1, 0.15) is 18.1 Å². The molecular formula is C28H35N3O3. The molecule has 180 valence electrons. The van der Waals surface area contributed by atoms with Crippen molar-refractivity contribution >= 4 is 17.7 Å². The number of amides is 1. The van der Waals surface area contributed by atoms with Crippen LogP contribution in [0.5, 0.6) is 11.5 Å². The zero-order valence-corrected chi connectivity index (χ0v) is 20.7. The maximum Gasteiger partial charge on any atom is 0.254 e. The zero-order chi connectivity index (χ0) is 24.4. The fraction of sp³-hybridized carbons (Fsp3) is 0.393. The second kappa shape index (κ2) is 9.94. The third-order valence-electron chi connectivity index (χ3n) is 6.73. The smallest absolute Gasteiger partial charge is 0.254 e. The molecule has 1 unspecified atom stereocenters. The van der Waals surface area contributed by atoms with Crippen LogP contribution in [0.4, 0.5) is 5.69 Å². The number of benzene rings is 2. The minimum absolute atomic E-state index is 0.0201. The molecule has 2 aromatic carbocycles. The number of anilines is 1. The lowest BCUT2D eigenvalue weighted by Crippen LogP contribution is -2.45. The molecule has 0 aromatic heterocycles. The molecule has 2 N–H and O–H groups in total. The van der Waals surface area contributed by atoms with Crippen LogP contribution in [0, 0.1) is 13.8 Å². The topological polar surface area (TPSA) is 68.0 Å². The number of aryl methyl sites for hydroxylation is 2. The Morgan fingerprint density at radius 1 is 1.21 bits per heavy atom. The third-order valence-corrected chi connectivity index (χ3v) is 6.73. The number of piperidine rings is 1. The van der Waals surface area contributed by atoms with Crippen molar-refractivity contribution in [1.82, 2.24) is 4.90 Å². The van der Waals surface area contributed by atoms with Crippen LogP contribution < -0.4 is 20.1 Å². The second-order valence-corrected chi connectivity index (χ2v) is 9.29. The van der Waals surface area contributed by atoms with Gasteiger partial charge in [0, 0.05) is 30.4 Å². The van der Waals surface area contributed by atoms with E-state index in [1.807, 2.05) is 36.1 Å². The van der Waals surface area contributed by atoms with E-state index < -0.39 is 0 Å². The predicted molar refractivity (Wildman–Crippen MR) is 138 cm³/mol. The first-order valence-electron chi connectivity index (χ1n) is 11.9. The first-order chi connectivity index (χ1) is 16.3. The van der Waals surface area contributed by atoms with Gasteiger partial charge in [-0.3, -0.25) is 4.79 Å². The van der Waals surface area contributed by atoms with Crippen LogP contribution in [0.2, 0.25) is 0 Å². The predicted octanol–water partition coefficient (Wildman–Crippen LogP) is 4.69. The molecule has 0 aliphatic carbocycles. The Labute approximate surface area is 202 Å². The lowest BCUT2D eigenvalue weighted by atomic mass is 10.0. The number of carbonyl (C=O) groups excluding carboxylic acids is 1. The maximum atomic E-state index is 13.2. The van der Waals surface area contributed by atoms with Gasteiger partial charge in [0.2, 0.25) is 0 Å². The van der Waals surface area contributed by atoms with Gasteiger partial charge >= 0.3 is 0 Å². The van der Waals surface area contributed by atoms with E-state index in [4.69, 9.17) is 15.2 Å². The minimum atomic E-state index is 0.0201. The van der Waals surface area contributed by atoms with Gasteiger partial charge in [-0.15, -0.1) is 0 Å². The van der Waals surface area contributed by atoms with E-state index in [1.165, 1.54) is 0 Å². The first kappa shape index (κ1) is 23.9. The van der Waals surface area contributed by atoms with Crippen molar-refractivity contribution in [2.24, 2.45) is 5.73 Å². The number of carbonyl (C=O) groups is 1. The van der Waals surface area contributed by atoms with Crippen molar-refractivity contribution in [2.75, 3.05) is 38.3 Å². The summed E-state index contributed by atoms with van der Waals surface area (Å²) in [6, 6.07) is 9.95. The fourth-order valence-electron chi connectivity index (χ4n) is 4.80. The third kappa shape index (κ3) is 4.82. The standard InChI is InChI=1S/C28H35N3O3/c1-18(13-22-8-9-25(33-5)15-19(22)2)21(4)31-11-12-34-26-16-23(14-20(3)27(26)31)28(32)30-10-6-7-24(29)17-30/h8-9,13-16,24H,4,6-7,10-12,17,29H2,1-3,5H3/b18-13+. The van der Waals surface area contributed by atoms with Gasteiger partial charge in [-0.05, 0) is 86.2 Å². The van der Waals surface area contributed by atoms with Crippen LogP contribution in [0.25, 0.3) is 6.08 Å². The van der Waals surface area contributed by atoms with Gasteiger partial charge in [0.15, 0.2) is 0 Å². The Hall–Kier alpha value is -3.25. The van der Waals surface area contributed by atoms with Crippen LogP contribution in [0.15, 0.2) is 48.2 Å². The highest BCUT2D eigenvalue weighted by molar-refractivity contribution is 5.96. The second-order valence-electron chi connectivity index (χ2n) is 9.29. The molecule has 34 heavy (non-hydrogen) atoms. The zero-order valence-electron chi connectivity index (χ0n) is 20.7. The number of nitrogens with two attached hydrogens (primary N) is 1. The van der Waals surface area contributed by atoms with Gasteiger partial charge in [-0.1, -0.05) is 12.6 Å². The van der Waals surface area contributed by atoms with Crippen molar-refractivity contribution in [2.45, 2.75) is 39.7 Å². The summed E-state index contributed by atoms with van der Waals surface area (Å²) in [5, 5.41) is 0. The maximum absolute atomic E-state index is 13.2. The molecule has 2 heterocycles. The molecule has 0 bridgehead atoms. The SMILES string of the molecule is C=C(/C(C)=C/c1ccc(OC)cc1C)N1CCOc2cc(C(=O)N3CCCC(N)C3)cc(C)c21. The minimum Gasteiger partial charge on any atom is -0.497 e. The molecule has 2 aliphatic rings. The number of fused-ring (bicyclic) bond motifs is 1. The Morgan fingerprint density at radius 3 is 2.71 bits per heavy atom. The van der Waals surface area contributed by atoms with E-state index in [0.29, 0.717) is 25.3 Å². The first-order valence-corrected chi connectivity index (χ1v) is 11.9. The normalized spacial score (nSPS) is 18.3. The molecule has 2 aliphatic heterocycles. The highest BCUT2D eigenvalue weighted by Gasteiger charge is 2.27. The number of hydrogen-bond acceptors (Lipinski definition) is 5. The van der Waals surface area contributed by atoms with Gasteiger partial charge in [0.05, 0.1) is 19.3 Å². The van der Waals surface area contributed by atoms with Crippen LogP contribution in [-0.4, -0.2) is 50.2 Å². The van der Waals surface area contributed by atoms with Crippen LogP contribution >= 0.6 is 0 Å². The highest BCUT2D eigenvalue weighted by atomic mass is 16.5. The van der Waals surface area contributed by atoms with E-state index >= 15 is 0 Å². The van der Waals surface area contributed by atoms with Crippen LogP contribution in [-0.2, 0) is 0 Å². The molecule has 1 fully saturated rings. The number of ether oxygens (including phenoxy) is 2. The van der Waals surface area contributed by atoms with Crippen molar-refractivity contribution in [3.05, 3.63) is 70.4 Å². The monoisotopic (exact) mass is 461 g/mol. The van der Waals surface area contributed by atoms with Crippen molar-refractivity contribution < 1.29 is 14.3 Å². The lowest BCUT2D eigenvalue weighted by molar-refractivity contribution is 0.0708. The summed E-state index contributed by atoms with van der Waals surface area (Å²) in [6.07, 6.45) is 4.06. The molecule has 0 spiro atoms. The van der Waals surface area contributed by atoms with Crippen molar-refractivity contribution in [3.8, 4) is 11.5 Å². The van der Waals surface area contributed by atoms with Crippen LogP contribution in [0.3, 0.4) is 0 Å². The summed E-state index contributed by atoms with van der Waals surface area (Å²) in [4.78, 5) is 17.2. The van der Waals surface area contributed by atoms with E-state index in [1.54, 1.807) is 7.11 Å². The molecular weight excluding hydrogens is 426 g/mol. The van der Waals surface area contributed by atoms with Gasteiger partial charge in [0.25, 0.3) is 5.91 Å². The van der Waals surface area contributed by atoms with Gasteiger partial charge in [-0.25, -0.2) is 0 Å². The van der Waals surface area contributed by atoms with E-state index in [0.717, 1.165) is 64.5 Å². The van der Waals surface area contributed by atoms with Gasteiger partial charge in [-0.2, -0.15) is 0 Å². The molecule has 2 aromatic rings. The Morgan fingerprint density at radius 2 is 2.00 bits per heavy atom. The summed E-state index contributed by atoms with van der Waals surface area (Å²) in [6.45, 7) is 13.2. The van der Waals surface area contributed by atoms with Crippen molar-refractivity contribution in [1.29, 1.82) is 0 Å². The van der Waals surface area contributed by atoms with Crippen LogP contribution in [0.1, 0.15) is 46.8 Å². The molecule has 1 atom stereocenters. The number of nitrogens with zero attached hydrogens (tertiary/aromatic N) is 2. The Balaban J connectivity index is 1.60. The summed E-state index contributed by atoms with van der Waals surface area (Å²) in [5.74, 6) is 1.60. The Kier molecular flexibility index (Phi) is 6.98. The molecule has 4 rings (SSSR count). The largest absolute Gasteiger partial charge is 0.497 e. The van der Waals surface area contributed by atoms with Gasteiger partial charge < -0.3 is 25.0 Å². The number of methoxy groups -OCH3 is 1. The summed E-state index contributed by atoms with van der Waals surface area (Å²) in [5.41, 5.74) is 13.0. The van der Waals surface area contributed by atoms with Crippen molar-refractivity contribution in [3.63, 3.8) is 0 Å². The number of rotatable bonds is 5. The molecule has 1 amide bonds. The lowest BCUT2D eigenvalue weighted by Gasteiger charge is -2.35. The Bertz CT molecular complexity index is 1140. The average Bonchev–Trinajstić information content (AvgIpc) is 2.83. The van der Waals surface area contributed by atoms with E-state index in [2.05, 4.69) is 37.5 Å². The number of allylic oxidation sites excluding steroid dienone is 1. The van der Waals surface area contributed by atoms with E-state index in [9.17, 15) is 4.79 Å². The number of hydrogen-bond donors (Lipinski definition) is 1. The molecule has 6 nitrogen and oxygen atoms in total. The summed E-state index contributed by atoms with van der Waals surface area (Å²) in [7, 11) is 1.68. The quantitative estimate of drug-likeness (QED) is 0.654. The molecule has 0 radical (unpaired) electrons.